The summed E-state index contributed by atoms with van der Waals surface area (Å²) in [6, 6.07) is 0. The molecule has 94 valence electrons. The van der Waals surface area contributed by atoms with Gasteiger partial charge in [0.15, 0.2) is 5.82 Å². The van der Waals surface area contributed by atoms with Crippen LogP contribution < -0.4 is 10.6 Å². The SMILES string of the molecule is Cn1cnc(CCNC(=O)CC2CCNC2)n1. The zero-order chi connectivity index (χ0) is 12.1. The van der Waals surface area contributed by atoms with Gasteiger partial charge in [-0.15, -0.1) is 0 Å². The van der Waals surface area contributed by atoms with Gasteiger partial charge in [-0.1, -0.05) is 0 Å². The molecule has 2 N–H and O–H groups in total. The van der Waals surface area contributed by atoms with E-state index in [2.05, 4.69) is 20.7 Å². The van der Waals surface area contributed by atoms with Gasteiger partial charge in [-0.3, -0.25) is 9.48 Å². The third-order valence-corrected chi connectivity index (χ3v) is 2.95. The summed E-state index contributed by atoms with van der Waals surface area (Å²) in [5, 5.41) is 10.3. The molecule has 1 aromatic heterocycles. The number of carbonyl (C=O) groups is 1. The van der Waals surface area contributed by atoms with Crippen molar-refractivity contribution in [1.82, 2.24) is 25.4 Å². The number of carbonyl (C=O) groups excluding carboxylic acids is 1. The Morgan fingerprint density at radius 1 is 1.71 bits per heavy atom. The molecule has 0 radical (unpaired) electrons. The molecule has 0 spiro atoms. The maximum Gasteiger partial charge on any atom is 0.220 e. The normalized spacial score (nSPS) is 19.5. The van der Waals surface area contributed by atoms with Gasteiger partial charge in [0.25, 0.3) is 0 Å². The maximum atomic E-state index is 11.6. The van der Waals surface area contributed by atoms with Crippen LogP contribution in [0.15, 0.2) is 6.33 Å². The second kappa shape index (κ2) is 5.77. The van der Waals surface area contributed by atoms with Crippen LogP contribution in [0.4, 0.5) is 0 Å². The standard InChI is InChI=1S/C11H19N5O/c1-16-8-14-10(15-16)3-5-13-11(17)6-9-2-4-12-7-9/h8-9,12H,2-7H2,1H3,(H,13,17). The lowest BCUT2D eigenvalue weighted by Gasteiger charge is -2.08. The number of aromatic nitrogens is 3. The molecule has 1 unspecified atom stereocenters. The Morgan fingerprint density at radius 2 is 2.59 bits per heavy atom. The van der Waals surface area contributed by atoms with Crippen molar-refractivity contribution in [3.05, 3.63) is 12.2 Å². The van der Waals surface area contributed by atoms with Crippen LogP contribution in [0.25, 0.3) is 0 Å². The second-order valence-electron chi connectivity index (χ2n) is 4.50. The Balaban J connectivity index is 1.62. The smallest absolute Gasteiger partial charge is 0.220 e. The van der Waals surface area contributed by atoms with Crippen molar-refractivity contribution < 1.29 is 4.79 Å². The molecule has 0 aliphatic carbocycles. The van der Waals surface area contributed by atoms with E-state index in [1.165, 1.54) is 0 Å². The fourth-order valence-electron chi connectivity index (χ4n) is 2.04. The van der Waals surface area contributed by atoms with Gasteiger partial charge < -0.3 is 10.6 Å². The summed E-state index contributed by atoms with van der Waals surface area (Å²) in [6.45, 7) is 2.62. The number of nitrogens with zero attached hydrogens (tertiary/aromatic N) is 3. The largest absolute Gasteiger partial charge is 0.356 e. The molecule has 1 fully saturated rings. The third kappa shape index (κ3) is 3.81. The first-order chi connectivity index (χ1) is 8.24. The van der Waals surface area contributed by atoms with E-state index in [-0.39, 0.29) is 5.91 Å². The Bertz CT molecular complexity index is 370. The first kappa shape index (κ1) is 12.0. The summed E-state index contributed by atoms with van der Waals surface area (Å²) in [5.41, 5.74) is 0. The Kier molecular flexibility index (Phi) is 4.08. The summed E-state index contributed by atoms with van der Waals surface area (Å²) in [6.07, 6.45) is 4.09. The van der Waals surface area contributed by atoms with Crippen molar-refractivity contribution >= 4 is 5.91 Å². The van der Waals surface area contributed by atoms with Crippen molar-refractivity contribution in [2.24, 2.45) is 13.0 Å². The molecule has 1 aromatic rings. The summed E-state index contributed by atoms with van der Waals surface area (Å²) in [7, 11) is 1.84. The van der Waals surface area contributed by atoms with Crippen LogP contribution >= 0.6 is 0 Å². The average Bonchev–Trinajstić information content (AvgIpc) is 2.90. The minimum absolute atomic E-state index is 0.134. The fraction of sp³-hybridized carbons (Fsp3) is 0.727. The molecule has 1 saturated heterocycles. The fourth-order valence-corrected chi connectivity index (χ4v) is 2.04. The van der Waals surface area contributed by atoms with E-state index in [0.717, 1.165) is 25.3 Å². The average molecular weight is 237 g/mol. The molecular weight excluding hydrogens is 218 g/mol. The monoisotopic (exact) mass is 237 g/mol. The summed E-state index contributed by atoms with van der Waals surface area (Å²) in [4.78, 5) is 15.7. The summed E-state index contributed by atoms with van der Waals surface area (Å²) in [5.74, 6) is 1.41. The Labute approximate surface area is 101 Å². The summed E-state index contributed by atoms with van der Waals surface area (Å²) >= 11 is 0. The molecule has 1 amide bonds. The zero-order valence-electron chi connectivity index (χ0n) is 10.1. The van der Waals surface area contributed by atoms with Gasteiger partial charge in [0, 0.05) is 26.4 Å². The van der Waals surface area contributed by atoms with Crippen LogP contribution in [0.2, 0.25) is 0 Å². The molecule has 0 aromatic carbocycles. The van der Waals surface area contributed by atoms with Gasteiger partial charge in [-0.05, 0) is 25.4 Å². The van der Waals surface area contributed by atoms with Crippen molar-refractivity contribution in [2.75, 3.05) is 19.6 Å². The number of hydrogen-bond donors (Lipinski definition) is 2. The highest BCUT2D eigenvalue weighted by Crippen LogP contribution is 2.11. The van der Waals surface area contributed by atoms with Gasteiger partial charge in [0.1, 0.15) is 6.33 Å². The molecule has 0 saturated carbocycles. The third-order valence-electron chi connectivity index (χ3n) is 2.95. The van der Waals surface area contributed by atoms with Gasteiger partial charge in [-0.2, -0.15) is 5.10 Å². The number of aryl methyl sites for hydroxylation is 1. The van der Waals surface area contributed by atoms with Crippen LogP contribution in [0, 0.1) is 5.92 Å². The highest BCUT2D eigenvalue weighted by Gasteiger charge is 2.17. The number of nitrogens with one attached hydrogen (secondary N) is 2. The number of hydrogen-bond acceptors (Lipinski definition) is 4. The molecule has 0 bridgehead atoms. The van der Waals surface area contributed by atoms with Crippen molar-refractivity contribution in [2.45, 2.75) is 19.3 Å². The molecule has 17 heavy (non-hydrogen) atoms. The highest BCUT2D eigenvalue weighted by molar-refractivity contribution is 5.76. The van der Waals surface area contributed by atoms with Gasteiger partial charge in [0.05, 0.1) is 0 Å². The van der Waals surface area contributed by atoms with E-state index in [9.17, 15) is 4.79 Å². The van der Waals surface area contributed by atoms with E-state index >= 15 is 0 Å². The minimum Gasteiger partial charge on any atom is -0.356 e. The lowest BCUT2D eigenvalue weighted by atomic mass is 10.0. The van der Waals surface area contributed by atoms with Crippen molar-refractivity contribution in [1.29, 1.82) is 0 Å². The molecular formula is C11H19N5O. The van der Waals surface area contributed by atoms with E-state index < -0.39 is 0 Å². The Morgan fingerprint density at radius 3 is 3.24 bits per heavy atom. The van der Waals surface area contributed by atoms with E-state index in [4.69, 9.17) is 0 Å². The van der Waals surface area contributed by atoms with Crippen LogP contribution in [0.5, 0.6) is 0 Å². The molecule has 2 heterocycles. The molecule has 2 rings (SSSR count). The molecule has 1 aliphatic rings. The number of amides is 1. The predicted molar refractivity (Wildman–Crippen MR) is 63.3 cm³/mol. The van der Waals surface area contributed by atoms with E-state index in [1.54, 1.807) is 11.0 Å². The Hall–Kier alpha value is -1.43. The molecule has 6 nitrogen and oxygen atoms in total. The second-order valence-corrected chi connectivity index (χ2v) is 4.50. The van der Waals surface area contributed by atoms with Crippen molar-refractivity contribution in [3.63, 3.8) is 0 Å². The first-order valence-corrected chi connectivity index (χ1v) is 6.06. The quantitative estimate of drug-likeness (QED) is 0.722. The molecule has 6 heteroatoms. The van der Waals surface area contributed by atoms with Crippen molar-refractivity contribution in [3.8, 4) is 0 Å². The van der Waals surface area contributed by atoms with E-state index in [1.807, 2.05) is 7.05 Å². The lowest BCUT2D eigenvalue weighted by Crippen LogP contribution is -2.28. The van der Waals surface area contributed by atoms with Gasteiger partial charge in [0.2, 0.25) is 5.91 Å². The van der Waals surface area contributed by atoms with Gasteiger partial charge >= 0.3 is 0 Å². The van der Waals surface area contributed by atoms with Crippen LogP contribution in [0.3, 0.4) is 0 Å². The van der Waals surface area contributed by atoms with Crippen LogP contribution in [-0.2, 0) is 18.3 Å². The lowest BCUT2D eigenvalue weighted by molar-refractivity contribution is -0.121. The topological polar surface area (TPSA) is 71.8 Å². The zero-order valence-corrected chi connectivity index (χ0v) is 10.1. The predicted octanol–water partition coefficient (Wildman–Crippen LogP) is -0.527. The summed E-state index contributed by atoms with van der Waals surface area (Å²) < 4.78 is 1.67. The first-order valence-electron chi connectivity index (χ1n) is 6.06. The highest BCUT2D eigenvalue weighted by atomic mass is 16.1. The van der Waals surface area contributed by atoms with Gasteiger partial charge in [-0.25, -0.2) is 4.98 Å². The molecule has 1 aliphatic heterocycles. The van der Waals surface area contributed by atoms with Crippen LogP contribution in [-0.4, -0.2) is 40.3 Å². The number of rotatable bonds is 5. The maximum absolute atomic E-state index is 11.6. The van der Waals surface area contributed by atoms with Crippen LogP contribution in [0.1, 0.15) is 18.7 Å². The minimum atomic E-state index is 0.134. The van der Waals surface area contributed by atoms with E-state index in [0.29, 0.717) is 25.3 Å². The molecule has 1 atom stereocenters.